The fraction of sp³-hybridized carbons (Fsp3) is 0. The van der Waals surface area contributed by atoms with Gasteiger partial charge < -0.3 is 9.97 Å². The molecule has 3 aromatic rings. The van der Waals surface area contributed by atoms with Crippen molar-refractivity contribution < 1.29 is 0 Å². The monoisotopic (exact) mass is 210 g/mol. The molecule has 16 heavy (non-hydrogen) atoms. The molecule has 0 bridgehead atoms. The van der Waals surface area contributed by atoms with Gasteiger partial charge in [0, 0.05) is 23.3 Å². The Labute approximate surface area is 91.8 Å². The summed E-state index contributed by atoms with van der Waals surface area (Å²) in [5, 5.41) is 0.954. The number of fused-ring (bicyclic) bond motifs is 1. The van der Waals surface area contributed by atoms with Gasteiger partial charge in [0.25, 0.3) is 5.56 Å². The fourth-order valence-electron chi connectivity index (χ4n) is 1.93. The molecule has 0 saturated heterocycles. The number of aromatic amines is 2. The zero-order chi connectivity index (χ0) is 11.0. The SMILES string of the molecule is O=c1[nH]cc(-c2ccccc2)c2cc[nH]c12. The Morgan fingerprint density at radius 1 is 0.938 bits per heavy atom. The topological polar surface area (TPSA) is 48.6 Å². The number of pyridine rings is 1. The molecule has 78 valence electrons. The van der Waals surface area contributed by atoms with Crippen molar-refractivity contribution in [3.05, 3.63) is 59.1 Å². The Hall–Kier alpha value is -2.29. The van der Waals surface area contributed by atoms with Crippen molar-refractivity contribution in [1.29, 1.82) is 0 Å². The molecular weight excluding hydrogens is 200 g/mol. The van der Waals surface area contributed by atoms with Crippen LogP contribution < -0.4 is 5.56 Å². The van der Waals surface area contributed by atoms with E-state index in [1.807, 2.05) is 36.4 Å². The number of H-pyrrole nitrogens is 2. The fourth-order valence-corrected chi connectivity index (χ4v) is 1.93. The van der Waals surface area contributed by atoms with Crippen molar-refractivity contribution >= 4 is 10.9 Å². The minimum atomic E-state index is -0.0836. The zero-order valence-corrected chi connectivity index (χ0v) is 8.53. The lowest BCUT2D eigenvalue weighted by Gasteiger charge is -2.02. The summed E-state index contributed by atoms with van der Waals surface area (Å²) >= 11 is 0. The van der Waals surface area contributed by atoms with Crippen LogP contribution in [0.25, 0.3) is 22.0 Å². The maximum absolute atomic E-state index is 11.5. The number of aromatic nitrogens is 2. The minimum Gasteiger partial charge on any atom is -0.357 e. The molecule has 2 N–H and O–H groups in total. The summed E-state index contributed by atoms with van der Waals surface area (Å²) in [4.78, 5) is 17.2. The highest BCUT2D eigenvalue weighted by Gasteiger charge is 2.06. The summed E-state index contributed by atoms with van der Waals surface area (Å²) in [6.45, 7) is 0. The minimum absolute atomic E-state index is 0.0836. The van der Waals surface area contributed by atoms with E-state index in [0.717, 1.165) is 16.5 Å². The molecule has 0 aliphatic carbocycles. The van der Waals surface area contributed by atoms with Crippen LogP contribution in [0.15, 0.2) is 53.6 Å². The van der Waals surface area contributed by atoms with Gasteiger partial charge in [-0.15, -0.1) is 0 Å². The second kappa shape index (κ2) is 3.38. The van der Waals surface area contributed by atoms with Crippen molar-refractivity contribution in [3.63, 3.8) is 0 Å². The zero-order valence-electron chi connectivity index (χ0n) is 8.53. The molecule has 0 atom stereocenters. The van der Waals surface area contributed by atoms with E-state index >= 15 is 0 Å². The molecule has 0 spiro atoms. The van der Waals surface area contributed by atoms with Crippen LogP contribution in [0, 0.1) is 0 Å². The Morgan fingerprint density at radius 2 is 1.75 bits per heavy atom. The van der Waals surface area contributed by atoms with Gasteiger partial charge in [-0.25, -0.2) is 0 Å². The Kier molecular flexibility index (Phi) is 1.90. The molecule has 0 unspecified atom stereocenters. The smallest absolute Gasteiger partial charge is 0.272 e. The lowest BCUT2D eigenvalue weighted by atomic mass is 10.0. The first kappa shape index (κ1) is 8.97. The third kappa shape index (κ3) is 1.26. The van der Waals surface area contributed by atoms with Crippen LogP contribution in [0.2, 0.25) is 0 Å². The van der Waals surface area contributed by atoms with Crippen LogP contribution in [0.4, 0.5) is 0 Å². The lowest BCUT2D eigenvalue weighted by Crippen LogP contribution is -2.05. The molecule has 1 aromatic carbocycles. The maximum Gasteiger partial charge on any atom is 0.272 e. The largest absolute Gasteiger partial charge is 0.357 e. The van der Waals surface area contributed by atoms with Gasteiger partial charge in [-0.1, -0.05) is 30.3 Å². The van der Waals surface area contributed by atoms with Crippen LogP contribution >= 0.6 is 0 Å². The van der Waals surface area contributed by atoms with E-state index in [1.165, 1.54) is 0 Å². The van der Waals surface area contributed by atoms with Gasteiger partial charge in [-0.05, 0) is 11.6 Å². The summed E-state index contributed by atoms with van der Waals surface area (Å²) in [7, 11) is 0. The number of benzene rings is 1. The average molecular weight is 210 g/mol. The van der Waals surface area contributed by atoms with E-state index in [1.54, 1.807) is 12.4 Å². The molecule has 0 aliphatic rings. The van der Waals surface area contributed by atoms with Crippen LogP contribution in [-0.4, -0.2) is 9.97 Å². The highest BCUT2D eigenvalue weighted by molar-refractivity contribution is 5.93. The quantitative estimate of drug-likeness (QED) is 0.637. The molecule has 0 aliphatic heterocycles. The van der Waals surface area contributed by atoms with Crippen molar-refractivity contribution in [3.8, 4) is 11.1 Å². The highest BCUT2D eigenvalue weighted by Crippen LogP contribution is 2.24. The van der Waals surface area contributed by atoms with Gasteiger partial charge in [-0.3, -0.25) is 4.79 Å². The normalized spacial score (nSPS) is 10.8. The van der Waals surface area contributed by atoms with Crippen LogP contribution in [0.1, 0.15) is 0 Å². The van der Waals surface area contributed by atoms with E-state index in [9.17, 15) is 4.79 Å². The third-order valence-electron chi connectivity index (χ3n) is 2.70. The first-order valence-corrected chi connectivity index (χ1v) is 5.10. The number of rotatable bonds is 1. The van der Waals surface area contributed by atoms with Gasteiger partial charge in [-0.2, -0.15) is 0 Å². The predicted octanol–water partition coefficient (Wildman–Crippen LogP) is 2.52. The van der Waals surface area contributed by atoms with Gasteiger partial charge in [0.2, 0.25) is 0 Å². The molecule has 3 heteroatoms. The molecule has 2 heterocycles. The maximum atomic E-state index is 11.5. The van der Waals surface area contributed by atoms with E-state index in [4.69, 9.17) is 0 Å². The average Bonchev–Trinajstić information content (AvgIpc) is 2.81. The van der Waals surface area contributed by atoms with Crippen LogP contribution in [-0.2, 0) is 0 Å². The summed E-state index contributed by atoms with van der Waals surface area (Å²) in [6.07, 6.45) is 3.54. The van der Waals surface area contributed by atoms with E-state index in [-0.39, 0.29) is 5.56 Å². The number of nitrogens with one attached hydrogen (secondary N) is 2. The van der Waals surface area contributed by atoms with Crippen molar-refractivity contribution in [2.24, 2.45) is 0 Å². The standard InChI is InChI=1S/C13H10N2O/c16-13-12-10(6-7-14-12)11(8-15-13)9-4-2-1-3-5-9/h1-8,14H,(H,15,16). The molecule has 0 saturated carbocycles. The summed E-state index contributed by atoms with van der Waals surface area (Å²) in [5.74, 6) is 0. The molecular formula is C13H10N2O. The van der Waals surface area contributed by atoms with E-state index in [0.29, 0.717) is 5.52 Å². The first-order chi connectivity index (χ1) is 7.86. The second-order valence-electron chi connectivity index (χ2n) is 3.66. The van der Waals surface area contributed by atoms with E-state index < -0.39 is 0 Å². The van der Waals surface area contributed by atoms with Crippen LogP contribution in [0.3, 0.4) is 0 Å². The Balaban J connectivity index is 2.37. The van der Waals surface area contributed by atoms with Gasteiger partial charge in [0.15, 0.2) is 0 Å². The third-order valence-corrected chi connectivity index (χ3v) is 2.70. The number of hydrogen-bond donors (Lipinski definition) is 2. The predicted molar refractivity (Wildman–Crippen MR) is 64.4 cm³/mol. The molecule has 0 radical (unpaired) electrons. The summed E-state index contributed by atoms with van der Waals surface area (Å²) < 4.78 is 0. The summed E-state index contributed by atoms with van der Waals surface area (Å²) in [5.41, 5.74) is 2.68. The van der Waals surface area contributed by atoms with Crippen LogP contribution in [0.5, 0.6) is 0 Å². The summed E-state index contributed by atoms with van der Waals surface area (Å²) in [6, 6.07) is 11.9. The first-order valence-electron chi connectivity index (χ1n) is 5.10. The molecule has 3 rings (SSSR count). The molecule has 3 nitrogen and oxygen atoms in total. The van der Waals surface area contributed by atoms with Gasteiger partial charge in [0.05, 0.1) is 0 Å². The van der Waals surface area contributed by atoms with Gasteiger partial charge >= 0.3 is 0 Å². The number of hydrogen-bond acceptors (Lipinski definition) is 1. The van der Waals surface area contributed by atoms with Gasteiger partial charge in [0.1, 0.15) is 5.52 Å². The molecule has 0 fully saturated rings. The molecule has 2 aromatic heterocycles. The Bertz CT molecular complexity index is 680. The van der Waals surface area contributed by atoms with Crippen molar-refractivity contribution in [2.45, 2.75) is 0 Å². The van der Waals surface area contributed by atoms with E-state index in [2.05, 4.69) is 9.97 Å². The highest BCUT2D eigenvalue weighted by atomic mass is 16.1. The second-order valence-corrected chi connectivity index (χ2v) is 3.66. The molecule has 0 amide bonds. The van der Waals surface area contributed by atoms with Crippen molar-refractivity contribution in [1.82, 2.24) is 9.97 Å². The lowest BCUT2D eigenvalue weighted by molar-refractivity contribution is 1.26. The Morgan fingerprint density at radius 3 is 2.56 bits per heavy atom. The van der Waals surface area contributed by atoms with Crippen molar-refractivity contribution in [2.75, 3.05) is 0 Å².